The zero-order valence-electron chi connectivity index (χ0n) is 25.3. The molecule has 1 aromatic heterocycles. The summed E-state index contributed by atoms with van der Waals surface area (Å²) in [6, 6.07) is 8.35. The number of esters is 2. The number of alkyl halides is 3. The number of rotatable bonds is 12. The molecule has 1 fully saturated rings. The van der Waals surface area contributed by atoms with Crippen LogP contribution >= 0.6 is 0 Å². The van der Waals surface area contributed by atoms with Gasteiger partial charge >= 0.3 is 18.1 Å². The molecule has 242 valence electrons. The predicted molar refractivity (Wildman–Crippen MR) is 152 cm³/mol. The molecule has 0 saturated carbocycles. The van der Waals surface area contributed by atoms with E-state index in [1.807, 2.05) is 31.2 Å². The number of carbonyl (C=O) groups is 3. The number of nitrogens with one attached hydrogen (secondary N) is 1. The Morgan fingerprint density at radius 3 is 2.52 bits per heavy atom. The molecule has 0 radical (unpaired) electrons. The summed E-state index contributed by atoms with van der Waals surface area (Å²) in [6.07, 6.45) is -3.77. The summed E-state index contributed by atoms with van der Waals surface area (Å²) >= 11 is 0. The van der Waals surface area contributed by atoms with Crippen molar-refractivity contribution in [2.75, 3.05) is 20.5 Å². The monoisotopic (exact) mass is 624 g/mol. The lowest BCUT2D eigenvalue weighted by atomic mass is 9.86. The number of pyridine rings is 1. The van der Waals surface area contributed by atoms with Crippen LogP contribution in [-0.2, 0) is 30.2 Å². The van der Waals surface area contributed by atoms with Crippen LogP contribution in [0.25, 0.3) is 0 Å². The van der Waals surface area contributed by atoms with E-state index in [0.29, 0.717) is 19.3 Å². The average molecular weight is 625 g/mol. The van der Waals surface area contributed by atoms with Gasteiger partial charge in [-0.1, -0.05) is 36.2 Å². The minimum absolute atomic E-state index is 0.0796. The van der Waals surface area contributed by atoms with Gasteiger partial charge in [-0.2, -0.15) is 13.2 Å². The molecule has 2 heterocycles. The molecule has 1 aliphatic heterocycles. The summed E-state index contributed by atoms with van der Waals surface area (Å²) in [4.78, 5) is 41.8. The van der Waals surface area contributed by atoms with E-state index in [4.69, 9.17) is 23.7 Å². The SMILES string of the molecule is COc1ccnc(C(=O)NC2CCCC(Cc3ccc(C)cc3)C(OCCCC(F)(F)F)C(C)OC2=O)c1OCOC(C)=O. The Morgan fingerprint density at radius 1 is 1.14 bits per heavy atom. The Labute approximate surface area is 254 Å². The van der Waals surface area contributed by atoms with E-state index >= 15 is 0 Å². The number of hydrogen-bond acceptors (Lipinski definition) is 9. The molecule has 4 unspecified atom stereocenters. The largest absolute Gasteiger partial charge is 0.493 e. The molecule has 10 nitrogen and oxygen atoms in total. The van der Waals surface area contributed by atoms with Crippen molar-refractivity contribution in [1.29, 1.82) is 0 Å². The number of benzene rings is 1. The highest BCUT2D eigenvalue weighted by Crippen LogP contribution is 2.31. The van der Waals surface area contributed by atoms with Gasteiger partial charge in [-0.05, 0) is 51.0 Å². The fourth-order valence-corrected chi connectivity index (χ4v) is 5.01. The Hall–Kier alpha value is -3.87. The molecule has 1 amide bonds. The lowest BCUT2D eigenvalue weighted by Gasteiger charge is -2.31. The van der Waals surface area contributed by atoms with E-state index < -0.39 is 55.5 Å². The van der Waals surface area contributed by atoms with Crippen molar-refractivity contribution in [1.82, 2.24) is 10.3 Å². The second-order valence-corrected chi connectivity index (χ2v) is 10.7. The summed E-state index contributed by atoms with van der Waals surface area (Å²) in [5.74, 6) is -2.13. The fourth-order valence-electron chi connectivity index (χ4n) is 5.01. The van der Waals surface area contributed by atoms with Crippen LogP contribution in [-0.4, -0.2) is 67.8 Å². The second-order valence-electron chi connectivity index (χ2n) is 10.7. The lowest BCUT2D eigenvalue weighted by Crippen LogP contribution is -2.45. The van der Waals surface area contributed by atoms with Gasteiger partial charge in [0.2, 0.25) is 6.79 Å². The standard InChI is InChI=1S/C31H39F3N2O8/c1-19-9-11-22(12-10-19)17-23-7-5-8-24(30(39)44-20(2)27(23)41-16-6-14-31(32,33)34)36-29(38)26-28(43-18-42-21(3)37)25(40-4)13-15-35-26/h9-13,15,20,23-24,27H,5-8,14,16-18H2,1-4H3,(H,36,38). The second kappa shape index (κ2) is 16.3. The first kappa shape index (κ1) is 34.6. The number of methoxy groups -OCH3 is 1. The normalized spacial score (nSPS) is 20.8. The topological polar surface area (TPSA) is 122 Å². The first-order chi connectivity index (χ1) is 20.9. The highest BCUT2D eigenvalue weighted by Gasteiger charge is 2.36. The number of cyclic esters (lactones) is 1. The fraction of sp³-hybridized carbons (Fsp3) is 0.548. The summed E-state index contributed by atoms with van der Waals surface area (Å²) in [7, 11) is 1.36. The van der Waals surface area contributed by atoms with Crippen molar-refractivity contribution in [2.45, 2.75) is 83.7 Å². The maximum absolute atomic E-state index is 13.3. The van der Waals surface area contributed by atoms with Gasteiger partial charge in [-0.25, -0.2) is 9.78 Å². The van der Waals surface area contributed by atoms with Gasteiger partial charge in [-0.15, -0.1) is 0 Å². The van der Waals surface area contributed by atoms with Gasteiger partial charge in [0, 0.05) is 32.2 Å². The molecule has 4 atom stereocenters. The molecule has 1 aliphatic rings. The van der Waals surface area contributed by atoms with Crippen LogP contribution in [0.3, 0.4) is 0 Å². The highest BCUT2D eigenvalue weighted by molar-refractivity contribution is 5.98. The summed E-state index contributed by atoms with van der Waals surface area (Å²) in [5, 5.41) is 2.66. The average Bonchev–Trinajstić information content (AvgIpc) is 3.00. The third-order valence-electron chi connectivity index (χ3n) is 7.19. The number of nitrogens with zero attached hydrogens (tertiary/aromatic N) is 1. The number of hydrogen-bond donors (Lipinski definition) is 1. The van der Waals surface area contributed by atoms with Crippen LogP contribution in [0.1, 0.15) is 67.6 Å². The molecule has 0 aliphatic carbocycles. The maximum Gasteiger partial charge on any atom is 0.389 e. The molecular weight excluding hydrogens is 585 g/mol. The Kier molecular flexibility index (Phi) is 12.8. The van der Waals surface area contributed by atoms with E-state index in [9.17, 15) is 27.6 Å². The quantitative estimate of drug-likeness (QED) is 0.195. The molecule has 0 spiro atoms. The first-order valence-electron chi connectivity index (χ1n) is 14.4. The van der Waals surface area contributed by atoms with Crippen molar-refractivity contribution in [3.63, 3.8) is 0 Å². The number of halogens is 3. The molecule has 44 heavy (non-hydrogen) atoms. The van der Waals surface area contributed by atoms with E-state index in [1.54, 1.807) is 6.92 Å². The Balaban J connectivity index is 1.78. The molecule has 1 aromatic carbocycles. The number of amides is 1. The van der Waals surface area contributed by atoms with Gasteiger partial charge < -0.3 is 29.0 Å². The third-order valence-corrected chi connectivity index (χ3v) is 7.19. The molecule has 2 aromatic rings. The molecule has 3 rings (SSSR count). The Morgan fingerprint density at radius 2 is 1.86 bits per heavy atom. The van der Waals surface area contributed by atoms with Gasteiger partial charge in [0.05, 0.1) is 13.2 Å². The van der Waals surface area contributed by atoms with Crippen LogP contribution in [0.5, 0.6) is 11.5 Å². The van der Waals surface area contributed by atoms with Crippen molar-refractivity contribution in [2.24, 2.45) is 5.92 Å². The lowest BCUT2D eigenvalue weighted by molar-refractivity contribution is -0.162. The highest BCUT2D eigenvalue weighted by atomic mass is 19.4. The van der Waals surface area contributed by atoms with E-state index in [-0.39, 0.29) is 42.6 Å². The van der Waals surface area contributed by atoms with E-state index in [0.717, 1.165) is 11.1 Å². The van der Waals surface area contributed by atoms with Crippen molar-refractivity contribution < 1.29 is 51.2 Å². The van der Waals surface area contributed by atoms with Gasteiger partial charge in [0.15, 0.2) is 17.2 Å². The van der Waals surface area contributed by atoms with Gasteiger partial charge in [0.25, 0.3) is 5.91 Å². The molecule has 0 bridgehead atoms. The summed E-state index contributed by atoms with van der Waals surface area (Å²) in [5.41, 5.74) is 1.92. The first-order valence-corrected chi connectivity index (χ1v) is 14.4. The summed E-state index contributed by atoms with van der Waals surface area (Å²) < 4.78 is 65.5. The Bertz CT molecular complexity index is 1260. The van der Waals surface area contributed by atoms with Crippen LogP contribution in [0.2, 0.25) is 0 Å². The van der Waals surface area contributed by atoms with Crippen LogP contribution in [0.4, 0.5) is 13.2 Å². The summed E-state index contributed by atoms with van der Waals surface area (Å²) in [6.45, 7) is 4.18. The van der Waals surface area contributed by atoms with Crippen molar-refractivity contribution in [3.05, 3.63) is 53.3 Å². The zero-order chi connectivity index (χ0) is 32.3. The van der Waals surface area contributed by atoms with Crippen LogP contribution in [0.15, 0.2) is 36.5 Å². The number of aryl methyl sites for hydroxylation is 1. The maximum atomic E-state index is 13.3. The minimum Gasteiger partial charge on any atom is -0.493 e. The van der Waals surface area contributed by atoms with Gasteiger partial charge in [0.1, 0.15) is 12.1 Å². The third kappa shape index (κ3) is 10.7. The number of carbonyl (C=O) groups excluding carboxylic acids is 3. The van der Waals surface area contributed by atoms with Crippen molar-refractivity contribution in [3.8, 4) is 11.5 Å². The van der Waals surface area contributed by atoms with Crippen molar-refractivity contribution >= 4 is 17.8 Å². The molecular formula is C31H39F3N2O8. The van der Waals surface area contributed by atoms with E-state index in [2.05, 4.69) is 10.3 Å². The van der Waals surface area contributed by atoms with Crippen LogP contribution in [0, 0.1) is 12.8 Å². The predicted octanol–water partition coefficient (Wildman–Crippen LogP) is 5.10. The zero-order valence-corrected chi connectivity index (χ0v) is 25.3. The minimum atomic E-state index is -4.30. The molecule has 13 heteroatoms. The molecule has 1 N–H and O–H groups in total. The smallest absolute Gasteiger partial charge is 0.389 e. The van der Waals surface area contributed by atoms with E-state index in [1.165, 1.54) is 26.3 Å². The number of ether oxygens (including phenoxy) is 5. The molecule has 1 saturated heterocycles. The van der Waals surface area contributed by atoms with Crippen LogP contribution < -0.4 is 14.8 Å². The van der Waals surface area contributed by atoms with Gasteiger partial charge in [-0.3, -0.25) is 9.59 Å². The number of aromatic nitrogens is 1.